The van der Waals surface area contributed by atoms with Crippen LogP contribution in [0.15, 0.2) is 0 Å². The molecule has 0 aromatic heterocycles. The van der Waals surface area contributed by atoms with E-state index in [2.05, 4.69) is 5.32 Å². The highest BCUT2D eigenvalue weighted by Crippen LogP contribution is 2.14. The maximum atomic E-state index is 12.4. The Kier molecular flexibility index (Phi) is 5.84. The minimum Gasteiger partial charge on any atom is -0.444 e. The van der Waals surface area contributed by atoms with Crippen LogP contribution in [0.3, 0.4) is 0 Å². The smallest absolute Gasteiger partial charge is 0.408 e. The van der Waals surface area contributed by atoms with Crippen LogP contribution in [0.2, 0.25) is 0 Å². The zero-order valence-electron chi connectivity index (χ0n) is 13.4. The third-order valence-electron chi connectivity index (χ3n) is 3.11. The molecule has 0 aromatic rings. The summed E-state index contributed by atoms with van der Waals surface area (Å²) < 4.78 is 5.24. The van der Waals surface area contributed by atoms with Crippen LogP contribution in [-0.4, -0.2) is 41.6 Å². The fourth-order valence-corrected chi connectivity index (χ4v) is 2.30. The van der Waals surface area contributed by atoms with Gasteiger partial charge in [-0.1, -0.05) is 13.8 Å². The number of hydrogen-bond donors (Lipinski definition) is 1. The lowest BCUT2D eigenvalue weighted by Gasteiger charge is -2.27. The molecule has 1 aliphatic heterocycles. The number of ether oxygens (including phenoxy) is 1. The number of alkyl carbamates (subject to hydrolysis) is 1. The summed E-state index contributed by atoms with van der Waals surface area (Å²) in [7, 11) is 0. The van der Waals surface area contributed by atoms with Crippen LogP contribution in [0.4, 0.5) is 4.79 Å². The molecule has 5 nitrogen and oxygen atoms in total. The van der Waals surface area contributed by atoms with Crippen LogP contribution < -0.4 is 5.32 Å². The average Bonchev–Trinajstić information content (AvgIpc) is 2.76. The van der Waals surface area contributed by atoms with Crippen LogP contribution >= 0.6 is 0 Å². The first kappa shape index (κ1) is 16.8. The summed E-state index contributed by atoms with van der Waals surface area (Å²) in [5, 5.41) is 2.73. The Labute approximate surface area is 122 Å². The van der Waals surface area contributed by atoms with E-state index in [1.54, 1.807) is 0 Å². The lowest BCUT2D eigenvalue weighted by molar-refractivity contribution is -0.132. The van der Waals surface area contributed by atoms with Gasteiger partial charge in [0.25, 0.3) is 0 Å². The van der Waals surface area contributed by atoms with E-state index in [1.807, 2.05) is 39.5 Å². The number of carbonyl (C=O) groups excluding carboxylic acids is 2. The number of nitrogens with zero attached hydrogens (tertiary/aromatic N) is 1. The maximum Gasteiger partial charge on any atom is 0.408 e. The zero-order chi connectivity index (χ0) is 15.3. The molecular weight excluding hydrogens is 256 g/mol. The van der Waals surface area contributed by atoms with Gasteiger partial charge >= 0.3 is 6.09 Å². The van der Waals surface area contributed by atoms with Crippen molar-refractivity contribution in [2.24, 2.45) is 5.92 Å². The topological polar surface area (TPSA) is 58.6 Å². The van der Waals surface area contributed by atoms with E-state index in [0.717, 1.165) is 25.9 Å². The van der Waals surface area contributed by atoms with Crippen molar-refractivity contribution in [2.75, 3.05) is 13.1 Å². The molecule has 1 N–H and O–H groups in total. The number of hydrogen-bond acceptors (Lipinski definition) is 3. The second-order valence-electron chi connectivity index (χ2n) is 6.86. The van der Waals surface area contributed by atoms with Crippen LogP contribution in [0.25, 0.3) is 0 Å². The monoisotopic (exact) mass is 284 g/mol. The van der Waals surface area contributed by atoms with E-state index < -0.39 is 17.7 Å². The first-order valence-electron chi connectivity index (χ1n) is 7.47. The van der Waals surface area contributed by atoms with Crippen molar-refractivity contribution in [3.05, 3.63) is 0 Å². The molecule has 0 spiro atoms. The Hall–Kier alpha value is -1.26. The lowest BCUT2D eigenvalue weighted by atomic mass is 10.0. The molecule has 0 radical (unpaired) electrons. The van der Waals surface area contributed by atoms with Crippen molar-refractivity contribution in [3.63, 3.8) is 0 Å². The van der Waals surface area contributed by atoms with Gasteiger partial charge in [-0.15, -0.1) is 0 Å². The molecule has 5 heteroatoms. The van der Waals surface area contributed by atoms with E-state index in [4.69, 9.17) is 4.74 Å². The summed E-state index contributed by atoms with van der Waals surface area (Å²) in [6, 6.07) is -0.483. The minimum absolute atomic E-state index is 0.0158. The van der Waals surface area contributed by atoms with Gasteiger partial charge in [-0.2, -0.15) is 0 Å². The summed E-state index contributed by atoms with van der Waals surface area (Å²) in [6.07, 6.45) is 2.21. The number of likely N-dealkylation sites (tertiary alicyclic amines) is 1. The van der Waals surface area contributed by atoms with Crippen LogP contribution in [0.5, 0.6) is 0 Å². The first-order chi connectivity index (χ1) is 9.19. The van der Waals surface area contributed by atoms with E-state index in [-0.39, 0.29) is 5.91 Å². The van der Waals surface area contributed by atoms with Gasteiger partial charge < -0.3 is 15.0 Å². The first-order valence-corrected chi connectivity index (χ1v) is 7.47. The van der Waals surface area contributed by atoms with Gasteiger partial charge in [0.15, 0.2) is 0 Å². The molecule has 1 aliphatic rings. The van der Waals surface area contributed by atoms with Crippen molar-refractivity contribution in [2.45, 2.75) is 65.5 Å². The van der Waals surface area contributed by atoms with E-state index in [0.29, 0.717) is 12.3 Å². The van der Waals surface area contributed by atoms with E-state index in [1.165, 1.54) is 0 Å². The molecule has 0 bridgehead atoms. The van der Waals surface area contributed by atoms with Gasteiger partial charge in [0, 0.05) is 13.1 Å². The average molecular weight is 284 g/mol. The number of carbonyl (C=O) groups is 2. The predicted molar refractivity (Wildman–Crippen MR) is 78.4 cm³/mol. The number of nitrogens with one attached hydrogen (secondary N) is 1. The molecule has 20 heavy (non-hydrogen) atoms. The summed E-state index contributed by atoms with van der Waals surface area (Å²) >= 11 is 0. The highest BCUT2D eigenvalue weighted by molar-refractivity contribution is 5.85. The molecular formula is C15H28N2O3. The summed E-state index contributed by atoms with van der Waals surface area (Å²) in [5.41, 5.74) is -0.552. The molecule has 0 unspecified atom stereocenters. The molecule has 1 saturated heterocycles. The third-order valence-corrected chi connectivity index (χ3v) is 3.11. The number of amides is 2. The Bertz CT molecular complexity index is 342. The predicted octanol–water partition coefficient (Wildman–Crippen LogP) is 2.55. The Morgan fingerprint density at radius 1 is 1.20 bits per heavy atom. The lowest BCUT2D eigenvalue weighted by Crippen LogP contribution is -2.49. The van der Waals surface area contributed by atoms with E-state index >= 15 is 0 Å². The largest absolute Gasteiger partial charge is 0.444 e. The van der Waals surface area contributed by atoms with Gasteiger partial charge in [-0.05, 0) is 46.0 Å². The van der Waals surface area contributed by atoms with Gasteiger partial charge in [0.2, 0.25) is 5.91 Å². The standard InChI is InChI=1S/C15H28N2O3/c1-11(2)10-12(13(18)17-8-6-7-9-17)16-14(19)20-15(3,4)5/h11-12H,6-10H2,1-5H3,(H,16,19)/t12-/m1/s1. The summed E-state index contributed by atoms with van der Waals surface area (Å²) in [5.74, 6) is 0.351. The molecule has 0 saturated carbocycles. The minimum atomic E-state index is -0.552. The Morgan fingerprint density at radius 2 is 1.75 bits per heavy atom. The highest BCUT2D eigenvalue weighted by atomic mass is 16.6. The molecule has 0 aliphatic carbocycles. The van der Waals surface area contributed by atoms with Crippen molar-refractivity contribution in [1.82, 2.24) is 10.2 Å². The van der Waals surface area contributed by atoms with Gasteiger partial charge in [0.05, 0.1) is 0 Å². The van der Waals surface area contributed by atoms with Crippen LogP contribution in [0, 0.1) is 5.92 Å². The molecule has 116 valence electrons. The molecule has 1 atom stereocenters. The zero-order valence-corrected chi connectivity index (χ0v) is 13.4. The van der Waals surface area contributed by atoms with Gasteiger partial charge in [-0.25, -0.2) is 4.79 Å². The van der Waals surface area contributed by atoms with Crippen molar-refractivity contribution < 1.29 is 14.3 Å². The fourth-order valence-electron chi connectivity index (χ4n) is 2.30. The summed E-state index contributed by atoms with van der Waals surface area (Å²) in [4.78, 5) is 26.1. The second-order valence-corrected chi connectivity index (χ2v) is 6.86. The van der Waals surface area contributed by atoms with Gasteiger partial charge in [0.1, 0.15) is 11.6 Å². The van der Waals surface area contributed by atoms with Gasteiger partial charge in [-0.3, -0.25) is 4.79 Å². The number of rotatable bonds is 4. The molecule has 1 rings (SSSR count). The molecule has 2 amide bonds. The second kappa shape index (κ2) is 6.95. The van der Waals surface area contributed by atoms with Crippen LogP contribution in [0.1, 0.15) is 53.9 Å². The van der Waals surface area contributed by atoms with Crippen LogP contribution in [-0.2, 0) is 9.53 Å². The van der Waals surface area contributed by atoms with Crippen molar-refractivity contribution >= 4 is 12.0 Å². The molecule has 0 aromatic carbocycles. The van der Waals surface area contributed by atoms with Crippen molar-refractivity contribution in [1.29, 1.82) is 0 Å². The van der Waals surface area contributed by atoms with E-state index in [9.17, 15) is 9.59 Å². The third kappa shape index (κ3) is 5.80. The quantitative estimate of drug-likeness (QED) is 0.863. The Balaban J connectivity index is 2.63. The molecule has 1 fully saturated rings. The highest BCUT2D eigenvalue weighted by Gasteiger charge is 2.29. The fraction of sp³-hybridized carbons (Fsp3) is 0.867. The molecule has 1 heterocycles. The Morgan fingerprint density at radius 3 is 2.20 bits per heavy atom. The summed E-state index contributed by atoms with van der Waals surface area (Å²) in [6.45, 7) is 11.1. The van der Waals surface area contributed by atoms with Crippen molar-refractivity contribution in [3.8, 4) is 0 Å². The maximum absolute atomic E-state index is 12.4. The normalized spacial score (nSPS) is 17.2. The SMILES string of the molecule is CC(C)C[C@@H](NC(=O)OC(C)(C)C)C(=O)N1CCCC1.